The Bertz CT molecular complexity index is 781. The molecule has 1 aliphatic heterocycles. The first-order valence-electron chi connectivity index (χ1n) is 8.74. The molecule has 6 nitrogen and oxygen atoms in total. The second-order valence-electron chi connectivity index (χ2n) is 6.23. The number of hydrogen-bond donors (Lipinski definition) is 0. The normalized spacial score (nSPS) is 17.0. The van der Waals surface area contributed by atoms with E-state index in [1.165, 1.54) is 0 Å². The molecule has 0 aliphatic carbocycles. The summed E-state index contributed by atoms with van der Waals surface area (Å²) in [6, 6.07) is 5.78. The third kappa shape index (κ3) is 5.15. The fourth-order valence-corrected chi connectivity index (χ4v) is 4.59. The Labute approximate surface area is 167 Å². The fraction of sp³-hybridized carbons (Fsp3) is 0.474. The molecule has 1 amide bonds. The Morgan fingerprint density at radius 1 is 1.37 bits per heavy atom. The Balaban J connectivity index is 1.54. The van der Waals surface area contributed by atoms with E-state index in [9.17, 15) is 4.79 Å². The van der Waals surface area contributed by atoms with Crippen molar-refractivity contribution in [2.45, 2.75) is 18.8 Å². The number of benzene rings is 1. The van der Waals surface area contributed by atoms with Gasteiger partial charge in [0.2, 0.25) is 5.91 Å². The van der Waals surface area contributed by atoms with Gasteiger partial charge in [0.15, 0.2) is 11.5 Å². The minimum Gasteiger partial charge on any atom is -0.493 e. The minimum absolute atomic E-state index is 0.121. The van der Waals surface area contributed by atoms with Crippen LogP contribution in [0.15, 0.2) is 23.6 Å². The minimum atomic E-state index is 0.121. The topological polar surface area (TPSA) is 60.9 Å². The van der Waals surface area contributed by atoms with E-state index >= 15 is 0 Å². The van der Waals surface area contributed by atoms with E-state index < -0.39 is 0 Å². The van der Waals surface area contributed by atoms with E-state index in [0.717, 1.165) is 22.0 Å². The van der Waals surface area contributed by atoms with Crippen LogP contribution in [-0.2, 0) is 15.3 Å². The molecule has 146 valence electrons. The molecule has 0 spiro atoms. The third-order valence-corrected chi connectivity index (χ3v) is 6.14. The summed E-state index contributed by atoms with van der Waals surface area (Å²) < 4.78 is 16.1. The molecule has 0 radical (unpaired) electrons. The van der Waals surface area contributed by atoms with Gasteiger partial charge in [-0.05, 0) is 25.1 Å². The van der Waals surface area contributed by atoms with E-state index in [2.05, 4.69) is 4.98 Å². The highest BCUT2D eigenvalue weighted by atomic mass is 32.2. The standard InChI is InChI=1S/C19H24N2O4S2/c1-13-9-21(6-7-25-13)18(22)12-26-10-15-11-27-19(20-15)14-4-5-16(23-2)17(8-14)24-3/h4-5,8,11,13H,6-7,9-10,12H2,1-3H3/t13-/m1/s1. The lowest BCUT2D eigenvalue weighted by Gasteiger charge is -2.31. The molecule has 2 heterocycles. The van der Waals surface area contributed by atoms with Gasteiger partial charge in [-0.15, -0.1) is 23.1 Å². The number of rotatable bonds is 7. The van der Waals surface area contributed by atoms with Gasteiger partial charge in [0.25, 0.3) is 0 Å². The quantitative estimate of drug-likeness (QED) is 0.701. The van der Waals surface area contributed by atoms with E-state index in [0.29, 0.717) is 36.9 Å². The predicted molar refractivity (Wildman–Crippen MR) is 109 cm³/mol. The van der Waals surface area contributed by atoms with Crippen molar-refractivity contribution >= 4 is 29.0 Å². The van der Waals surface area contributed by atoms with Crippen molar-refractivity contribution in [1.82, 2.24) is 9.88 Å². The first kappa shape index (κ1) is 20.0. The van der Waals surface area contributed by atoms with E-state index in [1.807, 2.05) is 35.4 Å². The Kier molecular flexibility index (Phi) is 6.98. The number of carbonyl (C=O) groups excluding carboxylic acids is 1. The molecule has 1 atom stereocenters. The fourth-order valence-electron chi connectivity index (χ4n) is 2.85. The summed E-state index contributed by atoms with van der Waals surface area (Å²) in [7, 11) is 3.24. The molecule has 0 unspecified atom stereocenters. The second-order valence-corrected chi connectivity index (χ2v) is 8.07. The maximum absolute atomic E-state index is 12.3. The molecular weight excluding hydrogens is 384 g/mol. The number of methoxy groups -OCH3 is 2. The van der Waals surface area contributed by atoms with E-state index in [4.69, 9.17) is 14.2 Å². The van der Waals surface area contributed by atoms with E-state index in [-0.39, 0.29) is 12.0 Å². The molecule has 0 saturated carbocycles. The Hall–Kier alpha value is -1.77. The van der Waals surface area contributed by atoms with Crippen LogP contribution in [0.5, 0.6) is 11.5 Å². The van der Waals surface area contributed by atoms with Crippen LogP contribution in [0.2, 0.25) is 0 Å². The molecule has 1 fully saturated rings. The van der Waals surface area contributed by atoms with Gasteiger partial charge in [-0.25, -0.2) is 4.98 Å². The molecule has 1 aromatic carbocycles. The molecule has 8 heteroatoms. The average Bonchev–Trinajstić information content (AvgIpc) is 3.16. The third-order valence-electron chi connectivity index (χ3n) is 4.25. The summed E-state index contributed by atoms with van der Waals surface area (Å²) in [6.07, 6.45) is 0.121. The molecule has 0 N–H and O–H groups in total. The Morgan fingerprint density at radius 2 is 2.19 bits per heavy atom. The predicted octanol–water partition coefficient (Wildman–Crippen LogP) is 3.31. The van der Waals surface area contributed by atoms with Crippen LogP contribution in [0.3, 0.4) is 0 Å². The van der Waals surface area contributed by atoms with Gasteiger partial charge in [0.05, 0.1) is 38.4 Å². The zero-order valence-corrected chi connectivity index (χ0v) is 17.4. The number of amides is 1. The SMILES string of the molecule is COc1ccc(-c2nc(CSCC(=O)N3CCO[C@H](C)C3)cs2)cc1OC. The summed E-state index contributed by atoms with van der Waals surface area (Å²) >= 11 is 3.19. The zero-order chi connectivity index (χ0) is 19.2. The van der Waals surface area contributed by atoms with Crippen molar-refractivity contribution in [3.8, 4) is 22.1 Å². The molecule has 2 aromatic rings. The van der Waals surface area contributed by atoms with Crippen LogP contribution in [0, 0.1) is 0 Å². The average molecular weight is 409 g/mol. The smallest absolute Gasteiger partial charge is 0.232 e. The van der Waals surface area contributed by atoms with Gasteiger partial charge in [0, 0.05) is 29.8 Å². The number of morpholine rings is 1. The van der Waals surface area contributed by atoms with Gasteiger partial charge in [-0.1, -0.05) is 0 Å². The van der Waals surface area contributed by atoms with Gasteiger partial charge in [-0.2, -0.15) is 0 Å². The van der Waals surface area contributed by atoms with E-state index in [1.54, 1.807) is 37.3 Å². The lowest BCUT2D eigenvalue weighted by molar-refractivity contribution is -0.135. The van der Waals surface area contributed by atoms with Crippen molar-refractivity contribution < 1.29 is 19.0 Å². The number of carbonyl (C=O) groups is 1. The van der Waals surface area contributed by atoms with Crippen LogP contribution in [0.1, 0.15) is 12.6 Å². The van der Waals surface area contributed by atoms with Crippen molar-refractivity contribution in [3.05, 3.63) is 29.3 Å². The summed E-state index contributed by atoms with van der Waals surface area (Å²) in [5, 5.41) is 2.97. The molecule has 1 saturated heterocycles. The highest BCUT2D eigenvalue weighted by Crippen LogP contribution is 2.33. The largest absolute Gasteiger partial charge is 0.493 e. The van der Waals surface area contributed by atoms with Crippen molar-refractivity contribution in [3.63, 3.8) is 0 Å². The molecule has 3 rings (SSSR count). The van der Waals surface area contributed by atoms with Crippen LogP contribution in [0.4, 0.5) is 0 Å². The summed E-state index contributed by atoms with van der Waals surface area (Å²) in [5.41, 5.74) is 1.98. The van der Waals surface area contributed by atoms with Crippen molar-refractivity contribution in [1.29, 1.82) is 0 Å². The van der Waals surface area contributed by atoms with Crippen molar-refractivity contribution in [2.24, 2.45) is 0 Å². The molecule has 1 aromatic heterocycles. The lowest BCUT2D eigenvalue weighted by atomic mass is 10.2. The van der Waals surface area contributed by atoms with Gasteiger partial charge >= 0.3 is 0 Å². The summed E-state index contributed by atoms with van der Waals surface area (Å²) in [6.45, 7) is 3.99. The monoisotopic (exact) mass is 408 g/mol. The number of hydrogen-bond acceptors (Lipinski definition) is 7. The zero-order valence-electron chi connectivity index (χ0n) is 15.8. The first-order valence-corrected chi connectivity index (χ1v) is 10.8. The maximum atomic E-state index is 12.3. The molecule has 1 aliphatic rings. The molecule has 27 heavy (non-hydrogen) atoms. The number of thiazole rings is 1. The summed E-state index contributed by atoms with van der Waals surface area (Å²) in [5.74, 6) is 2.74. The van der Waals surface area contributed by atoms with Gasteiger partial charge in [0.1, 0.15) is 5.01 Å². The van der Waals surface area contributed by atoms with Gasteiger partial charge < -0.3 is 19.1 Å². The number of ether oxygens (including phenoxy) is 3. The Morgan fingerprint density at radius 3 is 2.93 bits per heavy atom. The second kappa shape index (κ2) is 9.43. The maximum Gasteiger partial charge on any atom is 0.232 e. The van der Waals surface area contributed by atoms with Crippen LogP contribution in [-0.4, -0.2) is 61.6 Å². The number of thioether (sulfide) groups is 1. The summed E-state index contributed by atoms with van der Waals surface area (Å²) in [4.78, 5) is 18.9. The highest BCUT2D eigenvalue weighted by Gasteiger charge is 2.21. The molecular formula is C19H24N2O4S2. The number of nitrogens with zero attached hydrogens (tertiary/aromatic N) is 2. The van der Waals surface area contributed by atoms with Crippen molar-refractivity contribution in [2.75, 3.05) is 39.7 Å². The van der Waals surface area contributed by atoms with Crippen LogP contribution in [0.25, 0.3) is 10.6 Å². The van der Waals surface area contributed by atoms with Crippen LogP contribution < -0.4 is 9.47 Å². The highest BCUT2D eigenvalue weighted by molar-refractivity contribution is 7.99. The van der Waals surface area contributed by atoms with Gasteiger partial charge in [-0.3, -0.25) is 4.79 Å². The van der Waals surface area contributed by atoms with Crippen LogP contribution >= 0.6 is 23.1 Å². The lowest BCUT2D eigenvalue weighted by Crippen LogP contribution is -2.45. The number of aromatic nitrogens is 1. The first-order chi connectivity index (χ1) is 13.1. The molecule has 0 bridgehead atoms.